The van der Waals surface area contributed by atoms with Gasteiger partial charge in [0.1, 0.15) is 18.1 Å². The molecule has 174 valence electrons. The van der Waals surface area contributed by atoms with E-state index < -0.39 is 0 Å². The van der Waals surface area contributed by atoms with Crippen molar-refractivity contribution in [3.05, 3.63) is 112 Å². The van der Waals surface area contributed by atoms with Gasteiger partial charge in [-0.3, -0.25) is 0 Å². The van der Waals surface area contributed by atoms with Gasteiger partial charge in [-0.2, -0.15) is 0 Å². The molecular formula is C28H25BrClNO3. The fraction of sp³-hybridized carbons (Fsp3) is 0.143. The molecule has 4 nitrogen and oxygen atoms in total. The summed E-state index contributed by atoms with van der Waals surface area (Å²) < 4.78 is 18.6. The van der Waals surface area contributed by atoms with Crippen LogP contribution in [-0.4, -0.2) is 6.61 Å². The van der Waals surface area contributed by atoms with E-state index in [9.17, 15) is 0 Å². The minimum Gasteiger partial charge on any atom is -0.490 e. The predicted octanol–water partition coefficient (Wildman–Crippen LogP) is 8.48. The Labute approximate surface area is 213 Å². The second kappa shape index (κ2) is 11.8. The molecule has 0 fully saturated rings. The lowest BCUT2D eigenvalue weighted by Gasteiger charge is -2.16. The van der Waals surface area contributed by atoms with Gasteiger partial charge >= 0.3 is 0 Å². The third-order valence-corrected chi connectivity index (χ3v) is 5.80. The summed E-state index contributed by atoms with van der Waals surface area (Å²) in [6.07, 6.45) is 0. The smallest absolute Gasteiger partial charge is 0.175 e. The van der Waals surface area contributed by atoms with E-state index in [1.54, 1.807) is 0 Å². The number of para-hydroxylation sites is 1. The van der Waals surface area contributed by atoms with E-state index >= 15 is 0 Å². The molecule has 34 heavy (non-hydrogen) atoms. The first kappa shape index (κ1) is 24.0. The van der Waals surface area contributed by atoms with Crippen molar-refractivity contribution in [1.29, 1.82) is 0 Å². The number of nitrogens with one attached hydrogen (secondary N) is 1. The summed E-state index contributed by atoms with van der Waals surface area (Å²) in [5, 5.41) is 4.13. The van der Waals surface area contributed by atoms with Crippen LogP contribution < -0.4 is 19.5 Å². The quantitative estimate of drug-likeness (QED) is 0.220. The van der Waals surface area contributed by atoms with Crippen LogP contribution in [0.4, 0.5) is 5.69 Å². The highest BCUT2D eigenvalue weighted by Gasteiger charge is 2.13. The summed E-state index contributed by atoms with van der Waals surface area (Å²) in [6.45, 7) is 3.53. The Kier molecular flexibility index (Phi) is 8.34. The van der Waals surface area contributed by atoms with Crippen LogP contribution in [-0.2, 0) is 13.2 Å². The van der Waals surface area contributed by atoms with Gasteiger partial charge in [0.05, 0.1) is 11.1 Å². The van der Waals surface area contributed by atoms with Gasteiger partial charge in [-0.05, 0) is 94.6 Å². The van der Waals surface area contributed by atoms with Crippen LogP contribution in [0.5, 0.6) is 23.0 Å². The van der Waals surface area contributed by atoms with Crippen molar-refractivity contribution < 1.29 is 14.2 Å². The third kappa shape index (κ3) is 6.69. The molecule has 0 aromatic heterocycles. The fourth-order valence-corrected chi connectivity index (χ4v) is 4.20. The van der Waals surface area contributed by atoms with Crippen LogP contribution in [0.15, 0.2) is 95.5 Å². The van der Waals surface area contributed by atoms with Crippen molar-refractivity contribution >= 4 is 33.2 Å². The standard InChI is InChI=1S/C28H25BrClNO3/c1-2-32-27-17-21(16-26(29)28(27)33-19-20-7-6-8-22(30)15-20)18-31-23-11-13-25(14-12-23)34-24-9-4-3-5-10-24/h3-17,31H,2,18-19H2,1H3. The van der Waals surface area contributed by atoms with Crippen LogP contribution in [0, 0.1) is 0 Å². The summed E-state index contributed by atoms with van der Waals surface area (Å²) in [5.41, 5.74) is 3.05. The molecule has 0 aliphatic heterocycles. The summed E-state index contributed by atoms with van der Waals surface area (Å²) in [7, 11) is 0. The van der Waals surface area contributed by atoms with E-state index in [-0.39, 0.29) is 0 Å². The number of hydrogen-bond donors (Lipinski definition) is 1. The number of anilines is 1. The number of rotatable bonds is 10. The zero-order chi connectivity index (χ0) is 23.8. The van der Waals surface area contributed by atoms with Crippen LogP contribution in [0.3, 0.4) is 0 Å². The first-order valence-electron chi connectivity index (χ1n) is 11.0. The van der Waals surface area contributed by atoms with Crippen LogP contribution in [0.2, 0.25) is 5.02 Å². The average molecular weight is 539 g/mol. The highest BCUT2D eigenvalue weighted by Crippen LogP contribution is 2.38. The SMILES string of the molecule is CCOc1cc(CNc2ccc(Oc3ccccc3)cc2)cc(Br)c1OCc1cccc(Cl)c1. The van der Waals surface area contributed by atoms with E-state index in [1.807, 2.05) is 97.9 Å². The maximum Gasteiger partial charge on any atom is 0.175 e. The molecular weight excluding hydrogens is 514 g/mol. The Morgan fingerprint density at radius 3 is 2.29 bits per heavy atom. The molecule has 0 amide bonds. The summed E-state index contributed by atoms with van der Waals surface area (Å²) in [5.74, 6) is 2.98. The predicted molar refractivity (Wildman–Crippen MR) is 141 cm³/mol. The molecule has 1 N–H and O–H groups in total. The zero-order valence-electron chi connectivity index (χ0n) is 18.8. The van der Waals surface area contributed by atoms with E-state index in [2.05, 4.69) is 21.2 Å². The number of hydrogen-bond acceptors (Lipinski definition) is 4. The molecule has 4 aromatic carbocycles. The number of ether oxygens (including phenoxy) is 3. The molecule has 0 atom stereocenters. The highest BCUT2D eigenvalue weighted by atomic mass is 79.9. The lowest BCUT2D eigenvalue weighted by Crippen LogP contribution is -2.04. The first-order chi connectivity index (χ1) is 16.6. The Bertz CT molecular complexity index is 1220. The van der Waals surface area contributed by atoms with Crippen LogP contribution in [0.25, 0.3) is 0 Å². The molecule has 0 unspecified atom stereocenters. The molecule has 0 heterocycles. The van der Waals surface area contributed by atoms with Gasteiger partial charge < -0.3 is 19.5 Å². The van der Waals surface area contributed by atoms with Gasteiger partial charge in [0, 0.05) is 17.3 Å². The minimum atomic E-state index is 0.397. The van der Waals surface area contributed by atoms with E-state index in [0.29, 0.717) is 36.3 Å². The highest BCUT2D eigenvalue weighted by molar-refractivity contribution is 9.10. The Hall–Kier alpha value is -3.15. The van der Waals surface area contributed by atoms with Gasteiger partial charge in [-0.1, -0.05) is 41.9 Å². The monoisotopic (exact) mass is 537 g/mol. The summed E-state index contributed by atoms with van der Waals surface area (Å²) in [6, 6.07) is 29.3. The third-order valence-electron chi connectivity index (χ3n) is 4.97. The van der Waals surface area contributed by atoms with Gasteiger partial charge in [0.25, 0.3) is 0 Å². The maximum absolute atomic E-state index is 6.09. The normalized spacial score (nSPS) is 10.6. The summed E-state index contributed by atoms with van der Waals surface area (Å²) >= 11 is 9.73. The first-order valence-corrected chi connectivity index (χ1v) is 12.2. The zero-order valence-corrected chi connectivity index (χ0v) is 21.1. The van der Waals surface area contributed by atoms with Crippen molar-refractivity contribution in [3.63, 3.8) is 0 Å². The van der Waals surface area contributed by atoms with E-state index in [1.165, 1.54) is 0 Å². The maximum atomic E-state index is 6.09. The molecule has 0 saturated heterocycles. The second-order valence-electron chi connectivity index (χ2n) is 7.55. The number of halogens is 2. The number of benzene rings is 4. The fourth-order valence-electron chi connectivity index (χ4n) is 3.38. The average Bonchev–Trinajstić information content (AvgIpc) is 2.84. The molecule has 0 spiro atoms. The van der Waals surface area contributed by atoms with Gasteiger partial charge in [0.15, 0.2) is 11.5 Å². The van der Waals surface area contributed by atoms with Gasteiger partial charge in [0.2, 0.25) is 0 Å². The van der Waals surface area contributed by atoms with Gasteiger partial charge in [-0.15, -0.1) is 0 Å². The topological polar surface area (TPSA) is 39.7 Å². The Balaban J connectivity index is 1.40. The molecule has 0 radical (unpaired) electrons. The van der Waals surface area contributed by atoms with Crippen molar-refractivity contribution in [2.45, 2.75) is 20.1 Å². The van der Waals surface area contributed by atoms with Crippen molar-refractivity contribution in [1.82, 2.24) is 0 Å². The molecule has 0 bridgehead atoms. The molecule has 4 aromatic rings. The van der Waals surface area contributed by atoms with E-state index in [4.69, 9.17) is 25.8 Å². The molecule has 0 aliphatic carbocycles. The lowest BCUT2D eigenvalue weighted by molar-refractivity contribution is 0.267. The molecule has 6 heteroatoms. The van der Waals surface area contributed by atoms with E-state index in [0.717, 1.165) is 32.8 Å². The Morgan fingerprint density at radius 1 is 0.794 bits per heavy atom. The van der Waals surface area contributed by atoms with Crippen molar-refractivity contribution in [2.75, 3.05) is 11.9 Å². The molecule has 0 saturated carbocycles. The minimum absolute atomic E-state index is 0.397. The Morgan fingerprint density at radius 2 is 1.56 bits per heavy atom. The lowest BCUT2D eigenvalue weighted by atomic mass is 10.2. The van der Waals surface area contributed by atoms with Crippen LogP contribution in [0.1, 0.15) is 18.1 Å². The van der Waals surface area contributed by atoms with Crippen LogP contribution >= 0.6 is 27.5 Å². The van der Waals surface area contributed by atoms with Crippen molar-refractivity contribution in [3.8, 4) is 23.0 Å². The second-order valence-corrected chi connectivity index (χ2v) is 8.84. The van der Waals surface area contributed by atoms with Gasteiger partial charge in [-0.25, -0.2) is 0 Å². The molecule has 0 aliphatic rings. The summed E-state index contributed by atoms with van der Waals surface area (Å²) in [4.78, 5) is 0. The largest absolute Gasteiger partial charge is 0.490 e. The molecule has 4 rings (SSSR count). The van der Waals surface area contributed by atoms with Crippen molar-refractivity contribution in [2.24, 2.45) is 0 Å².